The molecule has 1 heterocycles. The predicted octanol–water partition coefficient (Wildman–Crippen LogP) is 2.03. The number of rotatable bonds is 1. The molecule has 0 unspecified atom stereocenters. The monoisotopic (exact) mass is 237 g/mol. The van der Waals surface area contributed by atoms with E-state index in [1.807, 2.05) is 0 Å². The third-order valence-corrected chi connectivity index (χ3v) is 4.10. The normalized spacial score (nSPS) is 24.9. The molecule has 1 rings (SSSR count). The van der Waals surface area contributed by atoms with Crippen molar-refractivity contribution in [1.29, 1.82) is 0 Å². The first-order chi connectivity index (χ1) is 6.52. The predicted molar refractivity (Wildman–Crippen MR) is 60.4 cm³/mol. The van der Waals surface area contributed by atoms with Crippen LogP contribution in [0.15, 0.2) is 0 Å². The summed E-state index contributed by atoms with van der Waals surface area (Å²) in [7, 11) is -2.45. The van der Waals surface area contributed by atoms with Gasteiger partial charge < -0.3 is 10.1 Å². The number of ether oxygens (including phenoxy) is 1. The Bertz CT molecular complexity index is 264. The van der Waals surface area contributed by atoms with E-state index in [9.17, 15) is 13.9 Å². The molecule has 0 atom stereocenters. The Balaban J connectivity index is 2.41. The van der Waals surface area contributed by atoms with E-state index in [4.69, 9.17) is 4.74 Å². The topological polar surface area (TPSA) is 78.8 Å². The first-order valence-corrected chi connectivity index (χ1v) is 6.65. The lowest BCUT2D eigenvalue weighted by molar-refractivity contribution is 0.0475. The molecule has 15 heavy (non-hydrogen) atoms. The average Bonchev–Trinajstić information content (AvgIpc) is 1.73. The van der Waals surface area contributed by atoms with Crippen molar-refractivity contribution in [2.45, 2.75) is 38.8 Å². The molecule has 90 valence electrons. The highest BCUT2D eigenvalue weighted by Gasteiger charge is 2.46. The number of hydrogen-bond acceptors (Lipinski definition) is 4. The molecule has 1 amide bonds. The van der Waals surface area contributed by atoms with Crippen LogP contribution in [-0.2, 0) is 4.74 Å². The van der Waals surface area contributed by atoms with Crippen molar-refractivity contribution in [1.82, 2.24) is 5.32 Å². The molecule has 6 heteroatoms. The van der Waals surface area contributed by atoms with Gasteiger partial charge in [0.05, 0.1) is 17.0 Å². The van der Waals surface area contributed by atoms with Crippen LogP contribution in [-0.4, -0.2) is 37.8 Å². The lowest BCUT2D eigenvalue weighted by Crippen LogP contribution is -2.61. The maximum Gasteiger partial charge on any atom is 0.408 e. The molecule has 1 saturated heterocycles. The maximum absolute atomic E-state index is 11.4. The van der Waals surface area contributed by atoms with Crippen LogP contribution in [0.4, 0.5) is 4.79 Å². The van der Waals surface area contributed by atoms with Gasteiger partial charge in [0, 0.05) is 0 Å². The van der Waals surface area contributed by atoms with E-state index in [1.165, 1.54) is 0 Å². The Hall–Kier alpha value is -0.460. The van der Waals surface area contributed by atoms with Crippen LogP contribution in [0.2, 0.25) is 0 Å². The van der Waals surface area contributed by atoms with Gasteiger partial charge in [-0.05, 0) is 27.7 Å². The number of amides is 1. The summed E-state index contributed by atoms with van der Waals surface area (Å²) in [6.45, 7) is 7.12. The molecule has 1 aliphatic rings. The Morgan fingerprint density at radius 2 is 1.87 bits per heavy atom. The highest BCUT2D eigenvalue weighted by molar-refractivity contribution is 8.25. The summed E-state index contributed by atoms with van der Waals surface area (Å²) in [4.78, 5) is 11.4. The summed E-state index contributed by atoms with van der Waals surface area (Å²) in [5.74, 6) is 0.415. The first kappa shape index (κ1) is 12.6. The van der Waals surface area contributed by atoms with E-state index in [2.05, 4.69) is 5.32 Å². The minimum Gasteiger partial charge on any atom is -0.444 e. The molecule has 3 N–H and O–H groups in total. The molecule has 0 aliphatic carbocycles. The van der Waals surface area contributed by atoms with Crippen LogP contribution in [0.1, 0.15) is 27.7 Å². The Kier molecular flexibility index (Phi) is 2.97. The molecule has 1 aliphatic heterocycles. The van der Waals surface area contributed by atoms with Crippen molar-refractivity contribution in [3.63, 3.8) is 0 Å². The fraction of sp³-hybridized carbons (Fsp3) is 0.889. The van der Waals surface area contributed by atoms with E-state index in [1.54, 1.807) is 27.7 Å². The fourth-order valence-corrected chi connectivity index (χ4v) is 3.70. The molecule has 0 radical (unpaired) electrons. The van der Waals surface area contributed by atoms with E-state index in [0.29, 0.717) is 0 Å². The summed E-state index contributed by atoms with van der Waals surface area (Å²) in [6.07, 6.45) is -0.514. The van der Waals surface area contributed by atoms with Crippen LogP contribution >= 0.6 is 10.6 Å². The molecular weight excluding hydrogens is 218 g/mol. The fourth-order valence-electron chi connectivity index (χ4n) is 1.60. The van der Waals surface area contributed by atoms with Crippen molar-refractivity contribution >= 4 is 16.7 Å². The summed E-state index contributed by atoms with van der Waals surface area (Å²) < 4.78 is 23.6. The van der Waals surface area contributed by atoms with E-state index >= 15 is 0 Å². The van der Waals surface area contributed by atoms with Crippen molar-refractivity contribution in [2.75, 3.05) is 11.5 Å². The van der Waals surface area contributed by atoms with Gasteiger partial charge in [0.25, 0.3) is 0 Å². The zero-order valence-electron chi connectivity index (χ0n) is 9.53. The Morgan fingerprint density at radius 3 is 2.20 bits per heavy atom. The van der Waals surface area contributed by atoms with Crippen molar-refractivity contribution in [3.8, 4) is 0 Å². The largest absolute Gasteiger partial charge is 0.444 e. The first-order valence-electron chi connectivity index (χ1n) is 4.76. The Morgan fingerprint density at radius 1 is 1.40 bits per heavy atom. The average molecular weight is 237 g/mol. The highest BCUT2D eigenvalue weighted by atomic mass is 32.3. The van der Waals surface area contributed by atoms with Gasteiger partial charge in [-0.15, -0.1) is 0 Å². The second-order valence-corrected chi connectivity index (χ2v) is 7.46. The SMILES string of the molecule is CC1(NC(=O)OC(C)(C)C)CS(O)(O)C1. The van der Waals surface area contributed by atoms with Crippen molar-refractivity contribution in [2.24, 2.45) is 0 Å². The third-order valence-electron chi connectivity index (χ3n) is 1.90. The molecule has 5 nitrogen and oxygen atoms in total. The number of hydrogen-bond donors (Lipinski definition) is 3. The minimum absolute atomic E-state index is 0.208. The molecule has 0 spiro atoms. The van der Waals surface area contributed by atoms with Gasteiger partial charge >= 0.3 is 6.09 Å². The van der Waals surface area contributed by atoms with Gasteiger partial charge in [-0.2, -0.15) is 10.6 Å². The van der Waals surface area contributed by atoms with E-state index in [0.717, 1.165) is 0 Å². The van der Waals surface area contributed by atoms with Gasteiger partial charge in [-0.25, -0.2) is 4.79 Å². The Labute approximate surface area is 91.5 Å². The van der Waals surface area contributed by atoms with Crippen LogP contribution < -0.4 is 5.32 Å². The zero-order chi connectivity index (χ0) is 11.9. The summed E-state index contributed by atoms with van der Waals surface area (Å²) >= 11 is 0. The molecular formula is C9H19NO4S. The number of carbonyl (C=O) groups is 1. The van der Waals surface area contributed by atoms with E-state index < -0.39 is 27.8 Å². The maximum atomic E-state index is 11.4. The zero-order valence-corrected chi connectivity index (χ0v) is 10.3. The third kappa shape index (κ3) is 3.89. The summed E-state index contributed by atoms with van der Waals surface area (Å²) in [6, 6.07) is 0. The minimum atomic E-state index is -2.45. The van der Waals surface area contributed by atoms with Gasteiger partial charge in [0.15, 0.2) is 0 Å². The second-order valence-electron chi connectivity index (χ2n) is 5.28. The molecule has 0 bridgehead atoms. The number of nitrogens with one attached hydrogen (secondary N) is 1. The van der Waals surface area contributed by atoms with Gasteiger partial charge in [-0.1, -0.05) is 0 Å². The van der Waals surface area contributed by atoms with Gasteiger partial charge in [-0.3, -0.25) is 9.11 Å². The van der Waals surface area contributed by atoms with Crippen molar-refractivity contribution in [3.05, 3.63) is 0 Å². The molecule has 0 aromatic carbocycles. The van der Waals surface area contributed by atoms with Crippen LogP contribution in [0.25, 0.3) is 0 Å². The lowest BCUT2D eigenvalue weighted by atomic mass is 10.1. The summed E-state index contributed by atoms with van der Waals surface area (Å²) in [5.41, 5.74) is -1.08. The highest BCUT2D eigenvalue weighted by Crippen LogP contribution is 2.53. The van der Waals surface area contributed by atoms with Crippen molar-refractivity contribution < 1.29 is 18.6 Å². The number of alkyl carbamates (subject to hydrolysis) is 1. The molecule has 0 aromatic rings. The van der Waals surface area contributed by atoms with Crippen LogP contribution in [0, 0.1) is 0 Å². The summed E-state index contributed by atoms with van der Waals surface area (Å²) in [5, 5.41) is 2.64. The second kappa shape index (κ2) is 3.54. The van der Waals surface area contributed by atoms with E-state index in [-0.39, 0.29) is 11.5 Å². The van der Waals surface area contributed by atoms with Gasteiger partial charge in [0.1, 0.15) is 5.60 Å². The number of carbonyl (C=O) groups excluding carboxylic acids is 1. The smallest absolute Gasteiger partial charge is 0.408 e. The molecule has 0 aromatic heterocycles. The van der Waals surface area contributed by atoms with Gasteiger partial charge in [0.2, 0.25) is 0 Å². The van der Waals surface area contributed by atoms with Crippen LogP contribution in [0.5, 0.6) is 0 Å². The molecule has 1 fully saturated rings. The lowest BCUT2D eigenvalue weighted by Gasteiger charge is -2.54. The quantitative estimate of drug-likeness (QED) is 0.652. The molecule has 0 saturated carbocycles. The van der Waals surface area contributed by atoms with Crippen LogP contribution in [0.3, 0.4) is 0 Å². The standard InChI is InChI=1S/C9H19NO4S/c1-8(2,3)14-7(11)10-9(4)5-15(12,13)6-9/h12-13H,5-6H2,1-4H3,(H,10,11).